The van der Waals surface area contributed by atoms with E-state index in [4.69, 9.17) is 20.4 Å². The lowest BCUT2D eigenvalue weighted by atomic mass is 9.81. The first-order valence-corrected chi connectivity index (χ1v) is 8.74. The zero-order valence-electron chi connectivity index (χ0n) is 15.2. The molecule has 3 rings (SSSR count). The van der Waals surface area contributed by atoms with Crippen LogP contribution in [0, 0.1) is 11.3 Å². The van der Waals surface area contributed by atoms with Crippen LogP contribution in [0.5, 0.6) is 5.75 Å². The highest BCUT2D eigenvalue weighted by Gasteiger charge is 2.23. The summed E-state index contributed by atoms with van der Waals surface area (Å²) in [6.45, 7) is 2.06. The van der Waals surface area contributed by atoms with Gasteiger partial charge in [0.15, 0.2) is 0 Å². The molecule has 0 bridgehead atoms. The Morgan fingerprint density at radius 2 is 2.11 bits per heavy atom. The number of rotatable bonds is 5. The summed E-state index contributed by atoms with van der Waals surface area (Å²) in [5.41, 5.74) is 9.66. The van der Waals surface area contributed by atoms with E-state index in [1.165, 1.54) is 6.42 Å². The van der Waals surface area contributed by atoms with E-state index in [2.05, 4.69) is 11.1 Å². The molecule has 0 amide bonds. The summed E-state index contributed by atoms with van der Waals surface area (Å²) in [5, 5.41) is 26.0. The predicted octanol–water partition coefficient (Wildman–Crippen LogP) is 3.06. The quantitative estimate of drug-likeness (QED) is 0.691. The number of carboxylic acid groups (broad SMARTS) is 1. The molecule has 2 aromatic rings. The van der Waals surface area contributed by atoms with E-state index in [1.54, 1.807) is 0 Å². The highest BCUT2D eigenvalue weighted by atomic mass is 16.5. The second-order valence-electron chi connectivity index (χ2n) is 6.11. The molecule has 4 N–H and O–H groups in total. The molecular formula is C20H23N3O4. The van der Waals surface area contributed by atoms with Crippen molar-refractivity contribution in [3.05, 3.63) is 41.1 Å². The lowest BCUT2D eigenvalue weighted by molar-refractivity contribution is -0.122. The molecule has 0 radical (unpaired) electrons. The van der Waals surface area contributed by atoms with Gasteiger partial charge in [0.25, 0.3) is 6.47 Å². The zero-order chi connectivity index (χ0) is 19.8. The molecule has 0 unspecified atom stereocenters. The number of benzene rings is 1. The minimum absolute atomic E-state index is 0.124. The molecule has 0 spiro atoms. The van der Waals surface area contributed by atoms with Gasteiger partial charge in [-0.25, -0.2) is 4.98 Å². The Balaban J connectivity index is 0.000000817. The molecule has 0 saturated heterocycles. The lowest BCUT2D eigenvalue weighted by Crippen LogP contribution is -2.12. The van der Waals surface area contributed by atoms with Crippen LogP contribution in [0.2, 0.25) is 0 Å². The Morgan fingerprint density at radius 3 is 2.63 bits per heavy atom. The van der Waals surface area contributed by atoms with Crippen molar-refractivity contribution in [2.45, 2.75) is 38.7 Å². The first-order chi connectivity index (χ1) is 13.1. The molecule has 1 aromatic heterocycles. The normalized spacial score (nSPS) is 12.9. The van der Waals surface area contributed by atoms with E-state index in [9.17, 15) is 10.4 Å². The molecule has 142 valence electrons. The molecular weight excluding hydrogens is 346 g/mol. The number of anilines is 1. The standard InChI is InChI=1S/C19H21N3O2.CH2O2/c1-2-24-18-7-6-13(8-14(18)11-23)15-9-17(12-4-3-5-12)22-19(21)16(15)10-20;2-1-3/h6-9,12,23H,2-5,11H2,1H3,(H2,21,22);1H,(H,2,3). The van der Waals surface area contributed by atoms with Crippen molar-refractivity contribution in [2.75, 3.05) is 12.3 Å². The van der Waals surface area contributed by atoms with Crippen LogP contribution in [0.25, 0.3) is 11.1 Å². The summed E-state index contributed by atoms with van der Waals surface area (Å²) in [6, 6.07) is 9.70. The van der Waals surface area contributed by atoms with Crippen LogP contribution in [0.4, 0.5) is 5.82 Å². The summed E-state index contributed by atoms with van der Waals surface area (Å²) >= 11 is 0. The van der Waals surface area contributed by atoms with Gasteiger partial charge >= 0.3 is 0 Å². The fourth-order valence-corrected chi connectivity index (χ4v) is 3.01. The third-order valence-corrected chi connectivity index (χ3v) is 4.54. The number of aliphatic hydroxyl groups is 1. The van der Waals surface area contributed by atoms with Crippen molar-refractivity contribution in [2.24, 2.45) is 0 Å². The predicted molar refractivity (Wildman–Crippen MR) is 101 cm³/mol. The third-order valence-electron chi connectivity index (χ3n) is 4.54. The molecule has 7 heteroatoms. The topological polar surface area (TPSA) is 129 Å². The smallest absolute Gasteiger partial charge is 0.290 e. The summed E-state index contributed by atoms with van der Waals surface area (Å²) < 4.78 is 5.53. The average Bonchev–Trinajstić information content (AvgIpc) is 2.61. The van der Waals surface area contributed by atoms with Gasteiger partial charge < -0.3 is 20.7 Å². The highest BCUT2D eigenvalue weighted by molar-refractivity contribution is 5.76. The number of nitriles is 1. The summed E-state index contributed by atoms with van der Waals surface area (Å²) in [7, 11) is 0. The largest absolute Gasteiger partial charge is 0.494 e. The molecule has 1 saturated carbocycles. The van der Waals surface area contributed by atoms with Crippen molar-refractivity contribution in [1.29, 1.82) is 5.26 Å². The average molecular weight is 369 g/mol. The number of nitrogen functional groups attached to an aromatic ring is 1. The maximum atomic E-state index is 9.61. The second kappa shape index (κ2) is 9.55. The number of aliphatic hydroxyl groups excluding tert-OH is 1. The number of ether oxygens (including phenoxy) is 1. The summed E-state index contributed by atoms with van der Waals surface area (Å²) in [5.74, 6) is 1.36. The van der Waals surface area contributed by atoms with Gasteiger partial charge in [-0.2, -0.15) is 5.26 Å². The van der Waals surface area contributed by atoms with Crippen molar-refractivity contribution in [1.82, 2.24) is 4.98 Å². The summed E-state index contributed by atoms with van der Waals surface area (Å²) in [4.78, 5) is 12.8. The number of aromatic nitrogens is 1. The number of carbonyl (C=O) groups is 1. The molecule has 7 nitrogen and oxygen atoms in total. The minimum Gasteiger partial charge on any atom is -0.494 e. The Labute approximate surface area is 158 Å². The molecule has 1 aliphatic rings. The van der Waals surface area contributed by atoms with Gasteiger partial charge in [-0.3, -0.25) is 4.79 Å². The Kier molecular flexibility index (Phi) is 7.15. The molecule has 0 aliphatic heterocycles. The minimum atomic E-state index is -0.250. The number of nitrogens with two attached hydrogens (primary N) is 1. The van der Waals surface area contributed by atoms with Gasteiger partial charge in [0.05, 0.1) is 13.2 Å². The first kappa shape index (κ1) is 20.2. The Hall–Kier alpha value is -3.11. The van der Waals surface area contributed by atoms with E-state index in [0.29, 0.717) is 29.4 Å². The summed E-state index contributed by atoms with van der Waals surface area (Å²) in [6.07, 6.45) is 3.44. The van der Waals surface area contributed by atoms with Crippen LogP contribution in [-0.2, 0) is 11.4 Å². The van der Waals surface area contributed by atoms with Crippen LogP contribution in [0.1, 0.15) is 48.9 Å². The number of hydrogen-bond acceptors (Lipinski definition) is 6. The monoisotopic (exact) mass is 369 g/mol. The molecule has 0 atom stereocenters. The zero-order valence-corrected chi connectivity index (χ0v) is 15.2. The van der Waals surface area contributed by atoms with Crippen LogP contribution in [0.3, 0.4) is 0 Å². The number of pyridine rings is 1. The maximum Gasteiger partial charge on any atom is 0.290 e. The first-order valence-electron chi connectivity index (χ1n) is 8.74. The van der Waals surface area contributed by atoms with E-state index in [-0.39, 0.29) is 18.9 Å². The highest BCUT2D eigenvalue weighted by Crippen LogP contribution is 2.39. The van der Waals surface area contributed by atoms with E-state index < -0.39 is 0 Å². The van der Waals surface area contributed by atoms with Crippen LogP contribution in [-0.4, -0.2) is 28.3 Å². The molecule has 27 heavy (non-hydrogen) atoms. The molecule has 1 fully saturated rings. The van der Waals surface area contributed by atoms with Gasteiger partial charge in [-0.15, -0.1) is 0 Å². The number of hydrogen-bond donors (Lipinski definition) is 3. The molecule has 1 heterocycles. The maximum absolute atomic E-state index is 9.61. The van der Waals surface area contributed by atoms with Crippen LogP contribution < -0.4 is 10.5 Å². The van der Waals surface area contributed by atoms with Gasteiger partial charge in [-0.05, 0) is 43.5 Å². The fraction of sp³-hybridized carbons (Fsp3) is 0.350. The SMILES string of the molecule is CCOc1ccc(-c2cc(C3CCC3)nc(N)c2C#N)cc1CO.O=CO. The van der Waals surface area contributed by atoms with Crippen molar-refractivity contribution in [3.8, 4) is 22.9 Å². The van der Waals surface area contributed by atoms with Crippen molar-refractivity contribution >= 4 is 12.3 Å². The van der Waals surface area contributed by atoms with Crippen molar-refractivity contribution in [3.63, 3.8) is 0 Å². The van der Waals surface area contributed by atoms with Crippen molar-refractivity contribution < 1.29 is 19.7 Å². The fourth-order valence-electron chi connectivity index (χ4n) is 3.01. The van der Waals surface area contributed by atoms with Gasteiger partial charge in [0.1, 0.15) is 23.2 Å². The second-order valence-corrected chi connectivity index (χ2v) is 6.11. The van der Waals surface area contributed by atoms with Gasteiger partial charge in [0, 0.05) is 22.7 Å². The van der Waals surface area contributed by atoms with Crippen LogP contribution >= 0.6 is 0 Å². The third kappa shape index (κ3) is 4.54. The Morgan fingerprint density at radius 1 is 1.41 bits per heavy atom. The molecule has 1 aromatic carbocycles. The van der Waals surface area contributed by atoms with E-state index in [0.717, 1.165) is 29.7 Å². The Bertz CT molecular complexity index is 842. The van der Waals surface area contributed by atoms with E-state index >= 15 is 0 Å². The van der Waals surface area contributed by atoms with Gasteiger partial charge in [-0.1, -0.05) is 12.5 Å². The van der Waals surface area contributed by atoms with E-state index in [1.807, 2.05) is 31.2 Å². The molecule has 1 aliphatic carbocycles. The number of nitrogens with zero attached hydrogens (tertiary/aromatic N) is 2. The van der Waals surface area contributed by atoms with Crippen LogP contribution in [0.15, 0.2) is 24.3 Å². The lowest BCUT2D eigenvalue weighted by Gasteiger charge is -2.25. The van der Waals surface area contributed by atoms with Gasteiger partial charge in [0.2, 0.25) is 0 Å².